The molecule has 2 rings (SSSR count). The van der Waals surface area contributed by atoms with Gasteiger partial charge in [0.05, 0.1) is 0 Å². The van der Waals surface area contributed by atoms with Gasteiger partial charge in [0.15, 0.2) is 4.77 Å². The Hall–Kier alpha value is -2.35. The SMILES string of the molecule is C/C(=C\C(=O)NCCc1n[nH]c(=S)n1C(C)C)c1ccc(F)cc1F. The van der Waals surface area contributed by atoms with Crippen molar-refractivity contribution in [3.05, 3.63) is 52.1 Å². The highest BCUT2D eigenvalue weighted by Gasteiger charge is 2.10. The number of carbonyl (C=O) groups is 1. The third kappa shape index (κ3) is 4.82. The summed E-state index contributed by atoms with van der Waals surface area (Å²) in [6.07, 6.45) is 1.80. The number of nitrogens with zero attached hydrogens (tertiary/aromatic N) is 2. The second kappa shape index (κ2) is 8.15. The van der Waals surface area contributed by atoms with E-state index in [2.05, 4.69) is 15.5 Å². The van der Waals surface area contributed by atoms with Crippen molar-refractivity contribution in [2.75, 3.05) is 6.54 Å². The Labute approximate surface area is 149 Å². The van der Waals surface area contributed by atoms with Gasteiger partial charge in [-0.2, -0.15) is 5.10 Å². The fourth-order valence-corrected chi connectivity index (χ4v) is 2.84. The first-order valence-electron chi connectivity index (χ1n) is 7.87. The summed E-state index contributed by atoms with van der Waals surface area (Å²) in [5.74, 6) is -0.955. The largest absolute Gasteiger partial charge is 0.352 e. The normalized spacial score (nSPS) is 11.8. The number of halogens is 2. The molecule has 2 aromatic rings. The van der Waals surface area contributed by atoms with Crippen molar-refractivity contribution in [3.63, 3.8) is 0 Å². The minimum atomic E-state index is -0.700. The Morgan fingerprint density at radius 2 is 2.16 bits per heavy atom. The van der Waals surface area contributed by atoms with Crippen LogP contribution in [0.2, 0.25) is 0 Å². The summed E-state index contributed by atoms with van der Waals surface area (Å²) in [6.45, 7) is 5.95. The predicted molar refractivity (Wildman–Crippen MR) is 94.5 cm³/mol. The molecule has 0 unspecified atom stereocenters. The summed E-state index contributed by atoms with van der Waals surface area (Å²) in [7, 11) is 0. The molecule has 134 valence electrons. The van der Waals surface area contributed by atoms with E-state index in [0.717, 1.165) is 18.0 Å². The summed E-state index contributed by atoms with van der Waals surface area (Å²) < 4.78 is 29.1. The van der Waals surface area contributed by atoms with Crippen LogP contribution in [0.15, 0.2) is 24.3 Å². The lowest BCUT2D eigenvalue weighted by atomic mass is 10.1. The zero-order valence-corrected chi connectivity index (χ0v) is 15.1. The summed E-state index contributed by atoms with van der Waals surface area (Å²) in [5.41, 5.74) is 0.608. The smallest absolute Gasteiger partial charge is 0.244 e. The zero-order chi connectivity index (χ0) is 18.6. The number of amides is 1. The molecule has 0 bridgehead atoms. The van der Waals surface area contributed by atoms with Crippen molar-refractivity contribution in [1.82, 2.24) is 20.1 Å². The van der Waals surface area contributed by atoms with E-state index in [9.17, 15) is 13.6 Å². The first-order valence-corrected chi connectivity index (χ1v) is 8.27. The lowest BCUT2D eigenvalue weighted by Crippen LogP contribution is -2.25. The third-order valence-electron chi connectivity index (χ3n) is 3.65. The summed E-state index contributed by atoms with van der Waals surface area (Å²) in [5, 5.41) is 9.62. The molecule has 1 aromatic heterocycles. The van der Waals surface area contributed by atoms with Gasteiger partial charge >= 0.3 is 0 Å². The van der Waals surface area contributed by atoms with Gasteiger partial charge in [-0.05, 0) is 50.7 Å². The van der Waals surface area contributed by atoms with E-state index in [1.165, 1.54) is 12.1 Å². The molecular formula is C17H20F2N4OS. The Bertz CT molecular complexity index is 855. The maximum atomic E-state index is 13.7. The van der Waals surface area contributed by atoms with Gasteiger partial charge in [0.2, 0.25) is 5.91 Å². The number of aromatic nitrogens is 3. The van der Waals surface area contributed by atoms with E-state index >= 15 is 0 Å². The molecule has 0 aliphatic carbocycles. The fraction of sp³-hybridized carbons (Fsp3) is 0.353. The van der Waals surface area contributed by atoms with Crippen LogP contribution in [0.5, 0.6) is 0 Å². The molecule has 0 aliphatic heterocycles. The first-order chi connectivity index (χ1) is 11.8. The second-order valence-electron chi connectivity index (χ2n) is 5.90. The minimum Gasteiger partial charge on any atom is -0.352 e. The Kier molecular flexibility index (Phi) is 6.19. The predicted octanol–water partition coefficient (Wildman–Crippen LogP) is 3.56. The van der Waals surface area contributed by atoms with Gasteiger partial charge in [-0.25, -0.2) is 8.78 Å². The number of aromatic amines is 1. The Balaban J connectivity index is 1.98. The van der Waals surface area contributed by atoms with Gasteiger partial charge in [0.25, 0.3) is 0 Å². The van der Waals surface area contributed by atoms with Crippen molar-refractivity contribution in [2.45, 2.75) is 33.2 Å². The number of hydrogen-bond donors (Lipinski definition) is 2. The van der Waals surface area contributed by atoms with Gasteiger partial charge in [-0.15, -0.1) is 0 Å². The van der Waals surface area contributed by atoms with Crippen LogP contribution in [-0.4, -0.2) is 27.2 Å². The Morgan fingerprint density at radius 3 is 2.80 bits per heavy atom. The fourth-order valence-electron chi connectivity index (χ4n) is 2.48. The average molecular weight is 366 g/mol. The molecule has 1 heterocycles. The summed E-state index contributed by atoms with van der Waals surface area (Å²) in [6, 6.07) is 3.42. The minimum absolute atomic E-state index is 0.167. The maximum absolute atomic E-state index is 13.7. The number of allylic oxidation sites excluding steroid dienone is 1. The van der Waals surface area contributed by atoms with Gasteiger partial charge in [-0.3, -0.25) is 9.89 Å². The summed E-state index contributed by atoms with van der Waals surface area (Å²) >= 11 is 5.17. The lowest BCUT2D eigenvalue weighted by Gasteiger charge is -2.10. The molecular weight excluding hydrogens is 346 g/mol. The summed E-state index contributed by atoms with van der Waals surface area (Å²) in [4.78, 5) is 12.0. The van der Waals surface area contributed by atoms with Gasteiger partial charge in [0, 0.05) is 36.7 Å². The van der Waals surface area contributed by atoms with E-state index in [4.69, 9.17) is 12.2 Å². The van der Waals surface area contributed by atoms with E-state index in [0.29, 0.717) is 23.3 Å². The average Bonchev–Trinajstić information content (AvgIpc) is 2.88. The highest BCUT2D eigenvalue weighted by atomic mass is 32.1. The molecule has 8 heteroatoms. The second-order valence-corrected chi connectivity index (χ2v) is 6.29. The number of carbonyl (C=O) groups excluding carboxylic acids is 1. The highest BCUT2D eigenvalue weighted by Crippen LogP contribution is 2.18. The van der Waals surface area contributed by atoms with Gasteiger partial charge < -0.3 is 9.88 Å². The number of benzene rings is 1. The van der Waals surface area contributed by atoms with Crippen LogP contribution in [0.1, 0.15) is 38.2 Å². The molecule has 5 nitrogen and oxygen atoms in total. The van der Waals surface area contributed by atoms with Crippen molar-refractivity contribution in [2.24, 2.45) is 0 Å². The number of nitrogens with one attached hydrogen (secondary N) is 2. The molecule has 0 atom stereocenters. The third-order valence-corrected chi connectivity index (χ3v) is 3.93. The van der Waals surface area contributed by atoms with Gasteiger partial charge in [-0.1, -0.05) is 0 Å². The molecule has 0 spiro atoms. The van der Waals surface area contributed by atoms with Crippen LogP contribution in [0.25, 0.3) is 5.57 Å². The van der Waals surface area contributed by atoms with Crippen LogP contribution in [0.3, 0.4) is 0 Å². The molecule has 2 N–H and O–H groups in total. The van der Waals surface area contributed by atoms with E-state index in [1.54, 1.807) is 6.92 Å². The van der Waals surface area contributed by atoms with E-state index in [-0.39, 0.29) is 17.5 Å². The van der Waals surface area contributed by atoms with E-state index < -0.39 is 11.6 Å². The van der Waals surface area contributed by atoms with Crippen molar-refractivity contribution in [3.8, 4) is 0 Å². The molecule has 0 saturated carbocycles. The van der Waals surface area contributed by atoms with Gasteiger partial charge in [0.1, 0.15) is 17.5 Å². The topological polar surface area (TPSA) is 62.7 Å². The van der Waals surface area contributed by atoms with Crippen LogP contribution in [-0.2, 0) is 11.2 Å². The van der Waals surface area contributed by atoms with E-state index in [1.807, 2.05) is 18.4 Å². The molecule has 0 radical (unpaired) electrons. The number of H-pyrrole nitrogens is 1. The lowest BCUT2D eigenvalue weighted by molar-refractivity contribution is -0.116. The quantitative estimate of drug-likeness (QED) is 0.607. The molecule has 0 saturated heterocycles. The van der Waals surface area contributed by atoms with Crippen LogP contribution < -0.4 is 5.32 Å². The molecule has 0 fully saturated rings. The highest BCUT2D eigenvalue weighted by molar-refractivity contribution is 7.71. The molecule has 0 aliphatic rings. The maximum Gasteiger partial charge on any atom is 0.244 e. The molecule has 1 aromatic carbocycles. The zero-order valence-electron chi connectivity index (χ0n) is 14.3. The monoisotopic (exact) mass is 366 g/mol. The Morgan fingerprint density at radius 1 is 1.44 bits per heavy atom. The van der Waals surface area contributed by atoms with Crippen molar-refractivity contribution >= 4 is 23.7 Å². The number of hydrogen-bond acceptors (Lipinski definition) is 3. The molecule has 25 heavy (non-hydrogen) atoms. The first kappa shape index (κ1) is 19.0. The van der Waals surface area contributed by atoms with Crippen molar-refractivity contribution < 1.29 is 13.6 Å². The van der Waals surface area contributed by atoms with Crippen LogP contribution in [0, 0.1) is 16.4 Å². The standard InChI is InChI=1S/C17H20F2N4OS/c1-10(2)23-15(21-22-17(23)25)6-7-20-16(24)8-11(3)13-5-4-12(18)9-14(13)19/h4-5,8-10H,6-7H2,1-3H3,(H,20,24)(H,22,25)/b11-8+. The number of rotatable bonds is 6. The molecule has 1 amide bonds. The van der Waals surface area contributed by atoms with Crippen LogP contribution >= 0.6 is 12.2 Å². The van der Waals surface area contributed by atoms with Crippen molar-refractivity contribution in [1.29, 1.82) is 0 Å². The van der Waals surface area contributed by atoms with Crippen LogP contribution in [0.4, 0.5) is 8.78 Å².